The lowest BCUT2D eigenvalue weighted by Crippen LogP contribution is -2.29. The maximum atomic E-state index is 12.5. The van der Waals surface area contributed by atoms with E-state index in [1.165, 1.54) is 44.9 Å². The Morgan fingerprint density at radius 2 is 0.938 bits per heavy atom. The Morgan fingerprint density at radius 3 is 1.44 bits per heavy atom. The third-order valence-corrected chi connectivity index (χ3v) is 24.3. The number of carboxylic acid groups (broad SMARTS) is 3. The van der Waals surface area contributed by atoms with Crippen LogP contribution in [0.5, 0.6) is 0 Å². The molecule has 2 fully saturated rings. The van der Waals surface area contributed by atoms with Gasteiger partial charge >= 0.3 is 17.9 Å². The second kappa shape index (κ2) is 38.9. The van der Waals surface area contributed by atoms with E-state index in [4.69, 9.17) is 24.1 Å². The van der Waals surface area contributed by atoms with Gasteiger partial charge in [0.2, 0.25) is 11.8 Å². The number of hydrogen-bond donors (Lipinski definition) is 5. The van der Waals surface area contributed by atoms with E-state index < -0.39 is 29.7 Å². The monoisotopic (exact) mass is 1020 g/mol. The minimum absolute atomic E-state index is 0.0257. The minimum Gasteiger partial charge on any atom is -0.481 e. The van der Waals surface area contributed by atoms with Crippen molar-refractivity contribution in [1.29, 1.82) is 0 Å². The third kappa shape index (κ3) is 32.6. The Labute approximate surface area is 404 Å². The molecule has 1 spiro atoms. The maximum absolute atomic E-state index is 12.5. The number of hydrogen-bond acceptors (Lipinski definition) is 16. The van der Waals surface area contributed by atoms with Crippen LogP contribution in [0, 0.1) is 11.8 Å². The van der Waals surface area contributed by atoms with Gasteiger partial charge in [-0.15, -0.1) is 0 Å². The summed E-state index contributed by atoms with van der Waals surface area (Å²) in [6.45, 7) is 3.54. The highest BCUT2D eigenvalue weighted by Gasteiger charge is 2.53. The van der Waals surface area contributed by atoms with E-state index in [9.17, 15) is 39.0 Å². The lowest BCUT2D eigenvalue weighted by atomic mass is 9.94. The van der Waals surface area contributed by atoms with Crippen molar-refractivity contribution < 1.29 is 63.0 Å². The predicted octanol–water partition coefficient (Wildman–Crippen LogP) is 9.42. The Kier molecular flexibility index (Phi) is 35.9. The number of ether oxygens (including phenoxy) is 4. The molecule has 0 aromatic carbocycles. The zero-order valence-electron chi connectivity index (χ0n) is 37.4. The van der Waals surface area contributed by atoms with Gasteiger partial charge in [-0.2, -0.15) is 0 Å². The van der Waals surface area contributed by atoms with Crippen LogP contribution in [0.3, 0.4) is 0 Å². The van der Waals surface area contributed by atoms with Crippen LogP contribution in [-0.4, -0.2) is 124 Å². The molecule has 0 unspecified atom stereocenters. The predicted molar refractivity (Wildman–Crippen MR) is 262 cm³/mol. The molecular formula is C43H74N2O13S6. The first kappa shape index (κ1) is 59.1. The van der Waals surface area contributed by atoms with E-state index in [1.807, 2.05) is 21.6 Å². The van der Waals surface area contributed by atoms with Gasteiger partial charge in [0.15, 0.2) is 2.74 Å². The van der Waals surface area contributed by atoms with Crippen LogP contribution in [0.2, 0.25) is 0 Å². The van der Waals surface area contributed by atoms with Crippen LogP contribution in [0.15, 0.2) is 0 Å². The zero-order chi connectivity index (χ0) is 46.5. The Hall–Kier alpha value is -1.04. The van der Waals surface area contributed by atoms with Crippen molar-refractivity contribution in [3.63, 3.8) is 0 Å². The SMILES string of the molecule is O=C(O)CCCCCCCCCCCCCCCCC(=O)C[C@@H](CCC(=O)NCCOCCOCCOCCOCCC(=O)NCCCC[C@@H](C(=O)O)C1SSC2(SS1)SS2)C(=O)O. The molecule has 64 heavy (non-hydrogen) atoms. The van der Waals surface area contributed by atoms with Crippen LogP contribution < -0.4 is 10.6 Å². The van der Waals surface area contributed by atoms with Gasteiger partial charge in [0.1, 0.15) is 5.78 Å². The molecule has 2 saturated heterocycles. The molecule has 15 nitrogen and oxygen atoms in total. The van der Waals surface area contributed by atoms with E-state index in [0.717, 1.165) is 57.8 Å². The van der Waals surface area contributed by atoms with Crippen molar-refractivity contribution in [3.8, 4) is 0 Å². The molecule has 0 aromatic rings. The van der Waals surface area contributed by atoms with Gasteiger partial charge in [0, 0.05) is 45.2 Å². The quantitative estimate of drug-likeness (QED) is 0.0218. The molecule has 5 N–H and O–H groups in total. The van der Waals surface area contributed by atoms with Crippen LogP contribution in [0.25, 0.3) is 0 Å². The molecule has 0 aliphatic carbocycles. The molecule has 0 bridgehead atoms. The van der Waals surface area contributed by atoms with E-state index in [-0.39, 0.29) is 76.8 Å². The molecule has 2 atom stereocenters. The van der Waals surface area contributed by atoms with Gasteiger partial charge in [0.05, 0.1) is 69.3 Å². The van der Waals surface area contributed by atoms with E-state index in [1.54, 1.807) is 43.2 Å². The fraction of sp³-hybridized carbons (Fsp3) is 0.860. The number of carboxylic acids is 3. The minimum atomic E-state index is -1.05. The number of amides is 2. The lowest BCUT2D eigenvalue weighted by Gasteiger charge is -2.27. The van der Waals surface area contributed by atoms with Crippen molar-refractivity contribution in [2.75, 3.05) is 65.9 Å². The van der Waals surface area contributed by atoms with Crippen molar-refractivity contribution >= 4 is 100 Å². The molecule has 0 radical (unpaired) electrons. The molecule has 370 valence electrons. The summed E-state index contributed by atoms with van der Waals surface area (Å²) in [6.07, 6.45) is 18.4. The number of Topliss-reactive ketones (excluding diaryl/α,β-unsaturated/α-hetero) is 1. The topological polar surface area (TPSA) is 224 Å². The van der Waals surface area contributed by atoms with Crippen molar-refractivity contribution in [2.45, 2.75) is 155 Å². The molecule has 0 aromatic heterocycles. The smallest absolute Gasteiger partial charge is 0.308 e. The first-order valence-electron chi connectivity index (χ1n) is 23.1. The average Bonchev–Trinajstić information content (AvgIpc) is 4.03. The normalized spacial score (nSPS) is 15.4. The lowest BCUT2D eigenvalue weighted by molar-refractivity contribution is -0.144. The highest BCUT2D eigenvalue weighted by molar-refractivity contribution is 9.14. The van der Waals surface area contributed by atoms with E-state index in [0.29, 0.717) is 59.0 Å². The molecule has 2 aliphatic heterocycles. The number of aliphatic carboxylic acids is 3. The summed E-state index contributed by atoms with van der Waals surface area (Å²) in [6, 6.07) is 0. The second-order valence-electron chi connectivity index (χ2n) is 15.9. The highest BCUT2D eigenvalue weighted by Crippen LogP contribution is 2.84. The van der Waals surface area contributed by atoms with Crippen LogP contribution in [-0.2, 0) is 47.7 Å². The number of ketones is 1. The van der Waals surface area contributed by atoms with Crippen molar-refractivity contribution in [2.24, 2.45) is 11.8 Å². The summed E-state index contributed by atoms with van der Waals surface area (Å²) < 4.78 is 22.1. The number of unbranched alkanes of at least 4 members (excludes halogenated alkanes) is 14. The first-order chi connectivity index (χ1) is 31.0. The molecule has 21 heteroatoms. The number of carbonyl (C=O) groups excluding carboxylic acids is 3. The van der Waals surface area contributed by atoms with Crippen LogP contribution in [0.4, 0.5) is 0 Å². The van der Waals surface area contributed by atoms with Crippen molar-refractivity contribution in [1.82, 2.24) is 10.6 Å². The van der Waals surface area contributed by atoms with Gasteiger partial charge in [-0.1, -0.05) is 127 Å². The fourth-order valence-electron chi connectivity index (χ4n) is 6.64. The molecule has 2 amide bonds. The number of carbonyl (C=O) groups is 6. The summed E-state index contributed by atoms with van der Waals surface area (Å²) in [4.78, 5) is 70.9. The highest BCUT2D eigenvalue weighted by atomic mass is 33.2. The third-order valence-electron chi connectivity index (χ3n) is 10.4. The number of nitrogens with one attached hydrogen (secondary N) is 2. The summed E-state index contributed by atoms with van der Waals surface area (Å²) in [7, 11) is 10.5. The van der Waals surface area contributed by atoms with Crippen LogP contribution in [0.1, 0.15) is 148 Å². The molecule has 2 aliphatic rings. The average molecular weight is 1020 g/mol. The number of rotatable bonds is 45. The summed E-state index contributed by atoms with van der Waals surface area (Å²) in [5, 5.41) is 33.5. The Bertz CT molecular complexity index is 1310. The van der Waals surface area contributed by atoms with Gasteiger partial charge in [-0.25, -0.2) is 0 Å². The molecule has 2 heterocycles. The second-order valence-corrected chi connectivity index (χ2v) is 25.4. The maximum Gasteiger partial charge on any atom is 0.308 e. The van der Waals surface area contributed by atoms with Gasteiger partial charge in [-0.3, -0.25) is 28.8 Å². The summed E-state index contributed by atoms with van der Waals surface area (Å²) in [5.74, 6) is -4.23. The fourth-order valence-corrected chi connectivity index (χ4v) is 20.5. The van der Waals surface area contributed by atoms with Gasteiger partial charge in [0.25, 0.3) is 0 Å². The standard InChI is InChI=1S/C43H74N2O13S6/c46-35(17-13-11-9-7-5-3-1-2-4-6-8-10-12-14-19-39(49)50)33-34(40(51)52)20-21-37(47)45-24-26-56-28-30-58-32-31-57-29-27-55-25-22-38(48)44-23-16-15-18-36(41(53)54)42-59-61-43(62-60-42)63-64-43/h34,36,42H,1-33H2,(H,44,48)(H,45,47)(H,49,50)(H,51,52)(H,53,54)/t34-,36+/m1/s1. The van der Waals surface area contributed by atoms with Gasteiger partial charge < -0.3 is 44.9 Å². The van der Waals surface area contributed by atoms with E-state index in [2.05, 4.69) is 10.6 Å². The molecule has 2 rings (SSSR count). The summed E-state index contributed by atoms with van der Waals surface area (Å²) in [5.41, 5.74) is 0. The Balaban J connectivity index is 1.29. The molecular weight excluding hydrogens is 945 g/mol. The van der Waals surface area contributed by atoms with Gasteiger partial charge in [-0.05, 0) is 53.7 Å². The van der Waals surface area contributed by atoms with E-state index >= 15 is 0 Å². The zero-order valence-corrected chi connectivity index (χ0v) is 42.3. The summed E-state index contributed by atoms with van der Waals surface area (Å²) >= 11 is 0. The Morgan fingerprint density at radius 1 is 0.469 bits per heavy atom. The van der Waals surface area contributed by atoms with Crippen LogP contribution >= 0.6 is 64.8 Å². The molecule has 0 saturated carbocycles. The van der Waals surface area contributed by atoms with Crippen molar-refractivity contribution in [3.05, 3.63) is 0 Å². The largest absolute Gasteiger partial charge is 0.481 e. The first-order valence-corrected chi connectivity index (χ1v) is 29.7.